The number of nitrogens with one attached hydrogen (secondary N) is 1. The molecule has 5 nitrogen and oxygen atoms in total. The lowest BCUT2D eigenvalue weighted by Gasteiger charge is -2.11. The highest BCUT2D eigenvalue weighted by Gasteiger charge is 2.19. The van der Waals surface area contributed by atoms with E-state index in [0.29, 0.717) is 11.5 Å². The van der Waals surface area contributed by atoms with Crippen molar-refractivity contribution in [2.24, 2.45) is 0 Å². The van der Waals surface area contributed by atoms with Gasteiger partial charge in [0.25, 0.3) is 6.43 Å². The van der Waals surface area contributed by atoms with E-state index in [-0.39, 0.29) is 6.42 Å². The van der Waals surface area contributed by atoms with Gasteiger partial charge >= 0.3 is 0 Å². The van der Waals surface area contributed by atoms with Gasteiger partial charge in [-0.25, -0.2) is 8.78 Å². The van der Waals surface area contributed by atoms with Gasteiger partial charge in [0.2, 0.25) is 5.91 Å². The van der Waals surface area contributed by atoms with Crippen LogP contribution in [0.25, 0.3) is 20.9 Å². The van der Waals surface area contributed by atoms with Crippen LogP contribution in [0.1, 0.15) is 4.88 Å². The Morgan fingerprint density at radius 2 is 2.00 bits per heavy atom. The highest BCUT2D eigenvalue weighted by Crippen LogP contribution is 2.46. The van der Waals surface area contributed by atoms with Gasteiger partial charge in [0.05, 0.1) is 31.9 Å². The van der Waals surface area contributed by atoms with E-state index >= 15 is 0 Å². The molecule has 132 valence electrons. The molecule has 1 amide bonds. The minimum Gasteiger partial charge on any atom is -0.495 e. The molecule has 0 aliphatic carbocycles. The summed E-state index contributed by atoms with van der Waals surface area (Å²) in [6.45, 7) is -0.647. The number of ether oxygens (including phenoxy) is 2. The van der Waals surface area contributed by atoms with Crippen molar-refractivity contribution in [2.75, 3.05) is 20.8 Å². The predicted molar refractivity (Wildman–Crippen MR) is 92.9 cm³/mol. The summed E-state index contributed by atoms with van der Waals surface area (Å²) >= 11 is 1.38. The monoisotopic (exact) mass is 366 g/mol. The standard InChI is InChI=1S/C17H16F2N2O3S/c1-23-15-11-5-9(6-14(22)21-8-13(18)19)25-17(11)16(24-2)10-3-4-20-7-12(10)15/h3-5,7,13H,6,8H2,1-2H3,(H,21,22). The summed E-state index contributed by atoms with van der Waals surface area (Å²) in [4.78, 5) is 16.7. The number of rotatable bonds is 6. The minimum absolute atomic E-state index is 0.0208. The number of amides is 1. The van der Waals surface area contributed by atoms with Crippen molar-refractivity contribution in [2.45, 2.75) is 12.8 Å². The number of hydrogen-bond acceptors (Lipinski definition) is 5. The Labute approximate surface area is 146 Å². The van der Waals surface area contributed by atoms with Crippen LogP contribution in [0.4, 0.5) is 8.78 Å². The van der Waals surface area contributed by atoms with Gasteiger partial charge in [-0.1, -0.05) is 0 Å². The molecule has 0 bridgehead atoms. The number of nitrogens with zero attached hydrogens (tertiary/aromatic N) is 1. The van der Waals surface area contributed by atoms with Crippen molar-refractivity contribution in [3.8, 4) is 11.5 Å². The molecule has 0 fully saturated rings. The molecule has 0 saturated carbocycles. The number of methoxy groups -OCH3 is 2. The van der Waals surface area contributed by atoms with Crippen molar-refractivity contribution >= 4 is 38.1 Å². The molecule has 8 heteroatoms. The molecule has 0 saturated heterocycles. The fourth-order valence-electron chi connectivity index (χ4n) is 2.74. The van der Waals surface area contributed by atoms with Gasteiger partial charge in [0, 0.05) is 33.4 Å². The van der Waals surface area contributed by atoms with Crippen LogP contribution in [0.5, 0.6) is 11.5 Å². The quantitative estimate of drug-likeness (QED) is 0.726. The Bertz CT molecular complexity index is 867. The second kappa shape index (κ2) is 7.18. The average molecular weight is 366 g/mol. The number of carbonyl (C=O) groups is 1. The van der Waals surface area contributed by atoms with E-state index in [1.165, 1.54) is 11.3 Å². The van der Waals surface area contributed by atoms with Crippen LogP contribution in [-0.4, -0.2) is 38.1 Å². The first-order valence-electron chi connectivity index (χ1n) is 7.50. The average Bonchev–Trinajstić information content (AvgIpc) is 3.00. The second-order valence-corrected chi connectivity index (χ2v) is 6.45. The van der Waals surface area contributed by atoms with Crippen LogP contribution in [0.2, 0.25) is 0 Å². The molecule has 0 unspecified atom stereocenters. The molecule has 2 aromatic heterocycles. The van der Waals surface area contributed by atoms with Crippen LogP contribution < -0.4 is 14.8 Å². The number of hydrogen-bond donors (Lipinski definition) is 1. The van der Waals surface area contributed by atoms with E-state index in [0.717, 1.165) is 25.7 Å². The first kappa shape index (κ1) is 17.3. The van der Waals surface area contributed by atoms with Gasteiger partial charge in [0.15, 0.2) is 0 Å². The Hall–Kier alpha value is -2.48. The first-order valence-corrected chi connectivity index (χ1v) is 8.31. The fourth-order valence-corrected chi connectivity index (χ4v) is 3.93. The van der Waals surface area contributed by atoms with Gasteiger partial charge in [-0.2, -0.15) is 0 Å². The van der Waals surface area contributed by atoms with Crippen LogP contribution in [0.3, 0.4) is 0 Å². The lowest BCUT2D eigenvalue weighted by Crippen LogP contribution is -2.29. The molecule has 25 heavy (non-hydrogen) atoms. The zero-order chi connectivity index (χ0) is 18.0. The largest absolute Gasteiger partial charge is 0.495 e. The van der Waals surface area contributed by atoms with Gasteiger partial charge in [-0.15, -0.1) is 11.3 Å². The number of thiophene rings is 1. The molecule has 3 aromatic rings. The molecule has 2 heterocycles. The van der Waals surface area contributed by atoms with E-state index in [2.05, 4.69) is 10.3 Å². The van der Waals surface area contributed by atoms with Crippen molar-refractivity contribution in [1.29, 1.82) is 0 Å². The van der Waals surface area contributed by atoms with E-state index in [1.807, 2.05) is 12.1 Å². The highest BCUT2D eigenvalue weighted by molar-refractivity contribution is 7.19. The van der Waals surface area contributed by atoms with Crippen molar-refractivity contribution in [3.05, 3.63) is 29.4 Å². The smallest absolute Gasteiger partial charge is 0.255 e. The molecule has 1 N–H and O–H groups in total. The molecular weight excluding hydrogens is 350 g/mol. The van der Waals surface area contributed by atoms with E-state index in [9.17, 15) is 13.6 Å². The van der Waals surface area contributed by atoms with E-state index in [4.69, 9.17) is 9.47 Å². The molecule has 0 aliphatic heterocycles. The summed E-state index contributed by atoms with van der Waals surface area (Å²) < 4.78 is 36.4. The third kappa shape index (κ3) is 3.34. The highest BCUT2D eigenvalue weighted by atomic mass is 32.1. The maximum atomic E-state index is 12.2. The summed E-state index contributed by atoms with van der Waals surface area (Å²) in [6.07, 6.45) is 0.822. The topological polar surface area (TPSA) is 60.5 Å². The Morgan fingerprint density at radius 3 is 2.68 bits per heavy atom. The van der Waals surface area contributed by atoms with Gasteiger partial charge in [0.1, 0.15) is 11.5 Å². The maximum absolute atomic E-state index is 12.2. The normalized spacial score (nSPS) is 11.2. The lowest BCUT2D eigenvalue weighted by atomic mass is 10.1. The molecule has 3 rings (SSSR count). The zero-order valence-corrected chi connectivity index (χ0v) is 14.5. The third-order valence-corrected chi connectivity index (χ3v) is 4.87. The Kier molecular flexibility index (Phi) is 4.98. The molecule has 0 spiro atoms. The maximum Gasteiger partial charge on any atom is 0.255 e. The molecule has 0 radical (unpaired) electrons. The fraction of sp³-hybridized carbons (Fsp3) is 0.294. The van der Waals surface area contributed by atoms with Gasteiger partial charge < -0.3 is 14.8 Å². The van der Waals surface area contributed by atoms with Crippen molar-refractivity contribution < 1.29 is 23.0 Å². The predicted octanol–water partition coefficient (Wildman–Crippen LogP) is 3.39. The van der Waals surface area contributed by atoms with Crippen LogP contribution in [0, 0.1) is 0 Å². The SMILES string of the molecule is COc1c2cnccc2c(OC)c2sc(CC(=O)NCC(F)F)cc12. The second-order valence-electron chi connectivity index (χ2n) is 5.32. The molecule has 1 aromatic carbocycles. The molecule has 0 aliphatic rings. The van der Waals surface area contributed by atoms with Crippen LogP contribution >= 0.6 is 11.3 Å². The Morgan fingerprint density at radius 1 is 1.24 bits per heavy atom. The van der Waals surface area contributed by atoms with Gasteiger partial charge in [-0.3, -0.25) is 9.78 Å². The van der Waals surface area contributed by atoms with Crippen LogP contribution in [0.15, 0.2) is 24.5 Å². The first-order chi connectivity index (χ1) is 12.0. The van der Waals surface area contributed by atoms with Crippen molar-refractivity contribution in [1.82, 2.24) is 10.3 Å². The summed E-state index contributed by atoms with van der Waals surface area (Å²) in [7, 11) is 3.15. The number of halogens is 2. The number of aromatic nitrogens is 1. The third-order valence-electron chi connectivity index (χ3n) is 3.74. The van der Waals surface area contributed by atoms with Crippen LogP contribution in [-0.2, 0) is 11.2 Å². The molecule has 0 atom stereocenters. The number of fused-ring (bicyclic) bond motifs is 2. The Balaban J connectivity index is 2.07. The summed E-state index contributed by atoms with van der Waals surface area (Å²) in [5, 5.41) is 4.68. The number of alkyl halides is 2. The number of pyridine rings is 1. The molecular formula is C17H16F2N2O3S. The summed E-state index contributed by atoms with van der Waals surface area (Å²) in [5.74, 6) is 0.878. The van der Waals surface area contributed by atoms with Crippen molar-refractivity contribution in [3.63, 3.8) is 0 Å². The van der Waals surface area contributed by atoms with E-state index < -0.39 is 18.9 Å². The minimum atomic E-state index is -2.57. The van der Waals surface area contributed by atoms with Gasteiger partial charge in [-0.05, 0) is 12.1 Å². The zero-order valence-electron chi connectivity index (χ0n) is 13.6. The number of benzene rings is 1. The summed E-state index contributed by atoms with van der Waals surface area (Å²) in [6, 6.07) is 3.67. The number of carbonyl (C=O) groups excluding carboxylic acids is 1. The van der Waals surface area contributed by atoms with E-state index in [1.54, 1.807) is 26.6 Å². The summed E-state index contributed by atoms with van der Waals surface area (Å²) in [5.41, 5.74) is 0. The lowest BCUT2D eigenvalue weighted by molar-refractivity contribution is -0.121.